The van der Waals surface area contributed by atoms with Gasteiger partial charge in [0.25, 0.3) is 0 Å². The van der Waals surface area contributed by atoms with Crippen molar-refractivity contribution in [1.82, 2.24) is 15.2 Å². The molecule has 1 N–H and O–H groups in total. The fourth-order valence-electron chi connectivity index (χ4n) is 3.35. The molecule has 23 heavy (non-hydrogen) atoms. The zero-order valence-corrected chi connectivity index (χ0v) is 14.1. The van der Waals surface area contributed by atoms with Crippen molar-refractivity contribution in [3.05, 3.63) is 64.8 Å². The number of hydrogen-bond donors (Lipinski definition) is 1. The van der Waals surface area contributed by atoms with Gasteiger partial charge in [-0.05, 0) is 36.1 Å². The predicted octanol–water partition coefficient (Wildman–Crippen LogP) is 3.60. The molecule has 2 aromatic heterocycles. The molecule has 1 aliphatic rings. The molecule has 1 atom stereocenters. The SMILES string of the molecule is Cc1cccnc1C(c1cc2ccccc2s1)N1CCNCC1. The van der Waals surface area contributed by atoms with Gasteiger partial charge in [0.1, 0.15) is 0 Å². The van der Waals surface area contributed by atoms with Crippen LogP contribution in [0.4, 0.5) is 0 Å². The molecule has 0 saturated carbocycles. The molecule has 0 radical (unpaired) electrons. The van der Waals surface area contributed by atoms with Gasteiger partial charge in [-0.3, -0.25) is 9.88 Å². The number of fused-ring (bicyclic) bond motifs is 1. The molecular weight excluding hydrogens is 302 g/mol. The smallest absolute Gasteiger partial charge is 0.0873 e. The normalized spacial score (nSPS) is 17.4. The van der Waals surface area contributed by atoms with Crippen molar-refractivity contribution < 1.29 is 0 Å². The van der Waals surface area contributed by atoms with Crippen molar-refractivity contribution in [1.29, 1.82) is 0 Å². The number of thiophene rings is 1. The number of piperazine rings is 1. The van der Waals surface area contributed by atoms with Crippen LogP contribution in [0.15, 0.2) is 48.7 Å². The second-order valence-corrected chi connectivity index (χ2v) is 7.20. The molecule has 1 fully saturated rings. The van der Waals surface area contributed by atoms with Crippen LogP contribution in [0.2, 0.25) is 0 Å². The second-order valence-electron chi connectivity index (χ2n) is 6.08. The minimum Gasteiger partial charge on any atom is -0.314 e. The van der Waals surface area contributed by atoms with Gasteiger partial charge < -0.3 is 5.32 Å². The average molecular weight is 323 g/mol. The van der Waals surface area contributed by atoms with E-state index in [1.54, 1.807) is 0 Å². The Morgan fingerprint density at radius 1 is 1.13 bits per heavy atom. The first kappa shape index (κ1) is 14.8. The van der Waals surface area contributed by atoms with Crippen LogP contribution in [0.5, 0.6) is 0 Å². The van der Waals surface area contributed by atoms with Crippen molar-refractivity contribution in [3.8, 4) is 0 Å². The maximum Gasteiger partial charge on any atom is 0.0873 e. The minimum absolute atomic E-state index is 0.260. The van der Waals surface area contributed by atoms with Gasteiger partial charge in [-0.2, -0.15) is 0 Å². The van der Waals surface area contributed by atoms with Gasteiger partial charge in [0, 0.05) is 42.0 Å². The van der Waals surface area contributed by atoms with Gasteiger partial charge in [0.2, 0.25) is 0 Å². The largest absolute Gasteiger partial charge is 0.314 e. The van der Waals surface area contributed by atoms with Crippen LogP contribution in [-0.2, 0) is 0 Å². The lowest BCUT2D eigenvalue weighted by molar-refractivity contribution is 0.197. The summed E-state index contributed by atoms with van der Waals surface area (Å²) in [5.41, 5.74) is 2.47. The zero-order chi connectivity index (χ0) is 15.6. The summed E-state index contributed by atoms with van der Waals surface area (Å²) in [6, 6.07) is 15.5. The first-order valence-corrected chi connectivity index (χ1v) is 8.99. The van der Waals surface area contributed by atoms with Crippen molar-refractivity contribution >= 4 is 21.4 Å². The molecule has 0 spiro atoms. The summed E-state index contributed by atoms with van der Waals surface area (Å²) in [6.07, 6.45) is 1.92. The van der Waals surface area contributed by atoms with Gasteiger partial charge in [-0.25, -0.2) is 0 Å². The van der Waals surface area contributed by atoms with E-state index < -0.39 is 0 Å². The predicted molar refractivity (Wildman–Crippen MR) is 97.1 cm³/mol. The molecule has 4 heteroatoms. The zero-order valence-electron chi connectivity index (χ0n) is 13.3. The van der Waals surface area contributed by atoms with Gasteiger partial charge >= 0.3 is 0 Å². The summed E-state index contributed by atoms with van der Waals surface area (Å²) in [5.74, 6) is 0. The Hall–Kier alpha value is -1.75. The monoisotopic (exact) mass is 323 g/mol. The number of hydrogen-bond acceptors (Lipinski definition) is 4. The number of rotatable bonds is 3. The summed E-state index contributed by atoms with van der Waals surface area (Å²) in [4.78, 5) is 8.71. The summed E-state index contributed by atoms with van der Waals surface area (Å²) >= 11 is 1.90. The molecule has 3 heterocycles. The molecular formula is C19H21N3S. The van der Waals surface area contributed by atoms with Crippen molar-refractivity contribution in [2.24, 2.45) is 0 Å². The molecule has 0 aliphatic carbocycles. The van der Waals surface area contributed by atoms with E-state index in [1.165, 1.54) is 26.2 Å². The highest BCUT2D eigenvalue weighted by Gasteiger charge is 2.27. The number of nitrogens with one attached hydrogen (secondary N) is 1. The third-order valence-corrected chi connectivity index (χ3v) is 5.71. The Morgan fingerprint density at radius 2 is 1.96 bits per heavy atom. The lowest BCUT2D eigenvalue weighted by Crippen LogP contribution is -2.45. The fourth-order valence-corrected chi connectivity index (χ4v) is 4.55. The van der Waals surface area contributed by atoms with E-state index in [0.717, 1.165) is 26.2 Å². The number of nitrogens with zero attached hydrogens (tertiary/aromatic N) is 2. The van der Waals surface area contributed by atoms with Crippen LogP contribution >= 0.6 is 11.3 Å². The summed E-state index contributed by atoms with van der Waals surface area (Å²) in [5, 5.41) is 4.79. The maximum absolute atomic E-state index is 4.74. The van der Waals surface area contributed by atoms with E-state index in [9.17, 15) is 0 Å². The van der Waals surface area contributed by atoms with Crippen molar-refractivity contribution in [2.75, 3.05) is 26.2 Å². The summed E-state index contributed by atoms with van der Waals surface area (Å²) in [6.45, 7) is 6.40. The topological polar surface area (TPSA) is 28.2 Å². The molecule has 118 valence electrons. The molecule has 1 saturated heterocycles. The first-order chi connectivity index (χ1) is 11.3. The Labute approximate surface area is 141 Å². The lowest BCUT2D eigenvalue weighted by Gasteiger charge is -2.34. The van der Waals surface area contributed by atoms with E-state index in [-0.39, 0.29) is 6.04 Å². The van der Waals surface area contributed by atoms with E-state index in [4.69, 9.17) is 4.98 Å². The third kappa shape index (κ3) is 2.90. The van der Waals surface area contributed by atoms with Crippen LogP contribution in [0, 0.1) is 6.92 Å². The third-order valence-electron chi connectivity index (χ3n) is 4.54. The van der Waals surface area contributed by atoms with Crippen LogP contribution in [0.25, 0.3) is 10.1 Å². The Balaban J connectivity index is 1.82. The highest BCUT2D eigenvalue weighted by atomic mass is 32.1. The summed E-state index contributed by atoms with van der Waals surface area (Å²) < 4.78 is 1.36. The maximum atomic E-state index is 4.74. The van der Waals surface area contributed by atoms with E-state index in [0.29, 0.717) is 0 Å². The summed E-state index contributed by atoms with van der Waals surface area (Å²) in [7, 11) is 0. The second kappa shape index (κ2) is 6.40. The number of aromatic nitrogens is 1. The minimum atomic E-state index is 0.260. The van der Waals surface area contributed by atoms with Crippen molar-refractivity contribution in [2.45, 2.75) is 13.0 Å². The first-order valence-electron chi connectivity index (χ1n) is 8.18. The molecule has 3 aromatic rings. The molecule has 3 nitrogen and oxygen atoms in total. The highest BCUT2D eigenvalue weighted by molar-refractivity contribution is 7.19. The van der Waals surface area contributed by atoms with Gasteiger partial charge in [-0.1, -0.05) is 24.3 Å². The fraction of sp³-hybridized carbons (Fsp3) is 0.316. The standard InChI is InChI=1S/C19H21N3S/c1-14-5-4-8-21-18(14)19(22-11-9-20-10-12-22)17-13-15-6-2-3-7-16(15)23-17/h2-8,13,19-20H,9-12H2,1H3. The van der Waals surface area contributed by atoms with E-state index in [2.05, 4.69) is 53.5 Å². The van der Waals surface area contributed by atoms with E-state index >= 15 is 0 Å². The van der Waals surface area contributed by atoms with E-state index in [1.807, 2.05) is 23.6 Å². The van der Waals surface area contributed by atoms with Crippen LogP contribution in [0.3, 0.4) is 0 Å². The van der Waals surface area contributed by atoms with Crippen LogP contribution in [-0.4, -0.2) is 36.1 Å². The van der Waals surface area contributed by atoms with Crippen LogP contribution < -0.4 is 5.32 Å². The van der Waals surface area contributed by atoms with Gasteiger partial charge in [-0.15, -0.1) is 11.3 Å². The van der Waals surface area contributed by atoms with Crippen LogP contribution in [0.1, 0.15) is 22.2 Å². The quantitative estimate of drug-likeness (QED) is 0.798. The van der Waals surface area contributed by atoms with Crippen molar-refractivity contribution in [3.63, 3.8) is 0 Å². The molecule has 1 aromatic carbocycles. The molecule has 4 rings (SSSR count). The Morgan fingerprint density at radius 3 is 2.74 bits per heavy atom. The average Bonchev–Trinajstić information content (AvgIpc) is 3.01. The van der Waals surface area contributed by atoms with Gasteiger partial charge in [0.05, 0.1) is 11.7 Å². The van der Waals surface area contributed by atoms with Gasteiger partial charge in [0.15, 0.2) is 0 Å². The number of pyridine rings is 1. The molecule has 0 bridgehead atoms. The molecule has 1 unspecified atom stereocenters. The molecule has 1 aliphatic heterocycles. The Bertz CT molecular complexity index is 772. The Kier molecular flexibility index (Phi) is 4.12. The molecule has 0 amide bonds. The number of aryl methyl sites for hydroxylation is 1. The number of benzene rings is 1. The lowest BCUT2D eigenvalue weighted by atomic mass is 10.0. The highest BCUT2D eigenvalue weighted by Crippen LogP contribution is 2.37.